The maximum absolute atomic E-state index is 13.0. The number of carbonyl (C=O) groups excluding carboxylic acids is 1. The Morgan fingerprint density at radius 1 is 1.04 bits per heavy atom. The van der Waals surface area contributed by atoms with Crippen LogP contribution in [0.5, 0.6) is 0 Å². The van der Waals surface area contributed by atoms with Crippen LogP contribution in [0.2, 0.25) is 0 Å². The van der Waals surface area contributed by atoms with E-state index in [1.807, 2.05) is 30.0 Å². The number of hydrogen-bond donors (Lipinski definition) is 0. The molecule has 0 atom stereocenters. The van der Waals surface area contributed by atoms with Crippen LogP contribution in [0.4, 0.5) is 10.1 Å². The minimum Gasteiger partial charge on any atom is -0.368 e. The smallest absolute Gasteiger partial charge is 0.227 e. The van der Waals surface area contributed by atoms with Gasteiger partial charge in [0.2, 0.25) is 5.91 Å². The molecule has 3 nitrogen and oxygen atoms in total. The topological polar surface area (TPSA) is 23.6 Å². The van der Waals surface area contributed by atoms with Crippen LogP contribution in [0, 0.1) is 12.7 Å². The summed E-state index contributed by atoms with van der Waals surface area (Å²) < 4.78 is 13.0. The van der Waals surface area contributed by atoms with Crippen molar-refractivity contribution in [3.63, 3.8) is 0 Å². The molecule has 0 radical (unpaired) electrons. The van der Waals surface area contributed by atoms with E-state index in [1.54, 1.807) is 12.1 Å². The molecular formula is C19H21FN2O. The Kier molecular flexibility index (Phi) is 4.60. The van der Waals surface area contributed by atoms with Crippen LogP contribution in [0.25, 0.3) is 0 Å². The normalized spacial score (nSPS) is 14.9. The fourth-order valence-electron chi connectivity index (χ4n) is 2.97. The van der Waals surface area contributed by atoms with Crippen LogP contribution in [-0.2, 0) is 11.2 Å². The molecule has 1 aliphatic heterocycles. The van der Waals surface area contributed by atoms with Crippen molar-refractivity contribution in [2.24, 2.45) is 0 Å². The van der Waals surface area contributed by atoms with Gasteiger partial charge in [-0.15, -0.1) is 0 Å². The number of benzene rings is 2. The van der Waals surface area contributed by atoms with Gasteiger partial charge in [-0.3, -0.25) is 4.79 Å². The first-order valence-electron chi connectivity index (χ1n) is 7.96. The van der Waals surface area contributed by atoms with E-state index in [0.29, 0.717) is 19.5 Å². The average molecular weight is 312 g/mol. The second kappa shape index (κ2) is 6.82. The molecule has 1 amide bonds. The van der Waals surface area contributed by atoms with Crippen molar-refractivity contribution in [3.05, 3.63) is 65.5 Å². The van der Waals surface area contributed by atoms with Crippen molar-refractivity contribution in [1.82, 2.24) is 4.90 Å². The van der Waals surface area contributed by atoms with Crippen molar-refractivity contribution in [3.8, 4) is 0 Å². The molecule has 1 saturated heterocycles. The number of rotatable bonds is 3. The van der Waals surface area contributed by atoms with Gasteiger partial charge >= 0.3 is 0 Å². The van der Waals surface area contributed by atoms with Gasteiger partial charge in [0.25, 0.3) is 0 Å². The van der Waals surface area contributed by atoms with Crippen molar-refractivity contribution < 1.29 is 9.18 Å². The summed E-state index contributed by atoms with van der Waals surface area (Å²) in [5.74, 6) is -0.0462. The zero-order chi connectivity index (χ0) is 16.2. The molecule has 2 aromatic carbocycles. The van der Waals surface area contributed by atoms with Crippen LogP contribution in [-0.4, -0.2) is 37.0 Å². The van der Waals surface area contributed by atoms with Crippen molar-refractivity contribution in [2.75, 3.05) is 31.1 Å². The van der Waals surface area contributed by atoms with Crippen molar-refractivity contribution >= 4 is 11.6 Å². The predicted molar refractivity (Wildman–Crippen MR) is 90.1 cm³/mol. The molecule has 4 heteroatoms. The molecule has 120 valence electrons. The second-order valence-electron chi connectivity index (χ2n) is 6.01. The highest BCUT2D eigenvalue weighted by Crippen LogP contribution is 2.17. The molecule has 2 aromatic rings. The monoisotopic (exact) mass is 312 g/mol. The van der Waals surface area contributed by atoms with Crippen LogP contribution in [0.1, 0.15) is 11.1 Å². The highest BCUT2D eigenvalue weighted by atomic mass is 19.1. The third-order valence-corrected chi connectivity index (χ3v) is 4.26. The van der Waals surface area contributed by atoms with Gasteiger partial charge in [-0.1, -0.05) is 29.8 Å². The lowest BCUT2D eigenvalue weighted by molar-refractivity contribution is -0.130. The number of hydrogen-bond acceptors (Lipinski definition) is 2. The number of halogens is 1. The fraction of sp³-hybridized carbons (Fsp3) is 0.316. The number of piperazine rings is 1. The summed E-state index contributed by atoms with van der Waals surface area (Å²) in [5.41, 5.74) is 3.25. The van der Waals surface area contributed by atoms with Crippen LogP contribution >= 0.6 is 0 Å². The Hall–Kier alpha value is -2.36. The van der Waals surface area contributed by atoms with E-state index in [9.17, 15) is 9.18 Å². The summed E-state index contributed by atoms with van der Waals surface area (Å²) in [6, 6.07) is 14.6. The lowest BCUT2D eigenvalue weighted by Crippen LogP contribution is -2.49. The van der Waals surface area contributed by atoms with E-state index in [-0.39, 0.29) is 11.7 Å². The number of anilines is 1. The molecule has 0 N–H and O–H groups in total. The molecule has 3 rings (SSSR count). The van der Waals surface area contributed by atoms with Gasteiger partial charge in [0.05, 0.1) is 6.42 Å². The predicted octanol–water partition coefficient (Wildman–Crippen LogP) is 3.03. The van der Waals surface area contributed by atoms with Crippen LogP contribution in [0.3, 0.4) is 0 Å². The van der Waals surface area contributed by atoms with E-state index in [0.717, 1.165) is 24.3 Å². The number of nitrogens with zero attached hydrogens (tertiary/aromatic N) is 2. The lowest BCUT2D eigenvalue weighted by atomic mass is 10.1. The SMILES string of the molecule is Cc1cccc(CC(=O)N2CCN(c3ccc(F)cc3)CC2)c1. The molecule has 1 aliphatic rings. The zero-order valence-corrected chi connectivity index (χ0v) is 13.3. The summed E-state index contributed by atoms with van der Waals surface area (Å²) in [4.78, 5) is 16.5. The maximum atomic E-state index is 13.0. The number of aryl methyl sites for hydroxylation is 1. The number of carbonyl (C=O) groups is 1. The first-order chi connectivity index (χ1) is 11.1. The molecule has 0 bridgehead atoms. The molecule has 0 aliphatic carbocycles. The Morgan fingerprint density at radius 3 is 2.39 bits per heavy atom. The van der Waals surface area contributed by atoms with Gasteiger partial charge in [-0.2, -0.15) is 0 Å². The molecular weight excluding hydrogens is 291 g/mol. The van der Waals surface area contributed by atoms with Crippen molar-refractivity contribution in [1.29, 1.82) is 0 Å². The minimum atomic E-state index is -0.222. The van der Waals surface area contributed by atoms with Gasteiger partial charge in [0.15, 0.2) is 0 Å². The van der Waals surface area contributed by atoms with Crippen molar-refractivity contribution in [2.45, 2.75) is 13.3 Å². The molecule has 1 heterocycles. The molecule has 0 aromatic heterocycles. The highest BCUT2D eigenvalue weighted by Gasteiger charge is 2.21. The lowest BCUT2D eigenvalue weighted by Gasteiger charge is -2.36. The van der Waals surface area contributed by atoms with E-state index >= 15 is 0 Å². The third-order valence-electron chi connectivity index (χ3n) is 4.26. The highest BCUT2D eigenvalue weighted by molar-refractivity contribution is 5.79. The van der Waals surface area contributed by atoms with Gasteiger partial charge in [0, 0.05) is 31.9 Å². The summed E-state index contributed by atoms with van der Waals surface area (Å²) >= 11 is 0. The van der Waals surface area contributed by atoms with E-state index < -0.39 is 0 Å². The molecule has 0 saturated carbocycles. The van der Waals surface area contributed by atoms with Gasteiger partial charge in [0.1, 0.15) is 5.82 Å². The summed E-state index contributed by atoms with van der Waals surface area (Å²) in [6.45, 7) is 5.02. The largest absolute Gasteiger partial charge is 0.368 e. The summed E-state index contributed by atoms with van der Waals surface area (Å²) in [5, 5.41) is 0. The molecule has 0 unspecified atom stereocenters. The zero-order valence-electron chi connectivity index (χ0n) is 13.3. The summed E-state index contributed by atoms with van der Waals surface area (Å²) in [6.07, 6.45) is 0.457. The maximum Gasteiger partial charge on any atom is 0.227 e. The van der Waals surface area contributed by atoms with Crippen LogP contribution in [0.15, 0.2) is 48.5 Å². The summed E-state index contributed by atoms with van der Waals surface area (Å²) in [7, 11) is 0. The standard InChI is InChI=1S/C19H21FN2O/c1-15-3-2-4-16(13-15)14-19(23)22-11-9-21(10-12-22)18-7-5-17(20)6-8-18/h2-8,13H,9-12,14H2,1H3. The van der Waals surface area contributed by atoms with Gasteiger partial charge < -0.3 is 9.80 Å². The number of amides is 1. The fourth-order valence-corrected chi connectivity index (χ4v) is 2.97. The van der Waals surface area contributed by atoms with E-state index in [4.69, 9.17) is 0 Å². The average Bonchev–Trinajstić information content (AvgIpc) is 2.56. The molecule has 1 fully saturated rings. The molecule has 23 heavy (non-hydrogen) atoms. The third kappa shape index (κ3) is 3.89. The Balaban J connectivity index is 1.56. The van der Waals surface area contributed by atoms with E-state index in [2.05, 4.69) is 11.0 Å². The van der Waals surface area contributed by atoms with Gasteiger partial charge in [-0.05, 0) is 36.8 Å². The first kappa shape index (κ1) is 15.5. The Bertz CT molecular complexity index is 676. The first-order valence-corrected chi connectivity index (χ1v) is 7.96. The van der Waals surface area contributed by atoms with Crippen LogP contribution < -0.4 is 4.90 Å². The Morgan fingerprint density at radius 2 is 1.74 bits per heavy atom. The quantitative estimate of drug-likeness (QED) is 0.870. The van der Waals surface area contributed by atoms with Gasteiger partial charge in [-0.25, -0.2) is 4.39 Å². The Labute approximate surface area is 136 Å². The van der Waals surface area contributed by atoms with E-state index in [1.165, 1.54) is 17.7 Å². The second-order valence-corrected chi connectivity index (χ2v) is 6.01. The molecule has 0 spiro atoms. The minimum absolute atomic E-state index is 0.175.